The Hall–Kier alpha value is -1.29. The van der Waals surface area contributed by atoms with E-state index in [1.165, 1.54) is 0 Å². The number of methoxy groups -OCH3 is 2. The predicted octanol–water partition coefficient (Wildman–Crippen LogP) is 3.32. The van der Waals surface area contributed by atoms with Crippen molar-refractivity contribution in [3.8, 4) is 11.5 Å². The SMILES string of the molecule is COc1cc(OC)c2cnc(C)c(Br)c2c1. The quantitative estimate of drug-likeness (QED) is 0.846. The van der Waals surface area contributed by atoms with Crippen LogP contribution in [-0.4, -0.2) is 19.2 Å². The Bertz CT molecular complexity index is 540. The highest BCUT2D eigenvalue weighted by Gasteiger charge is 2.09. The fraction of sp³-hybridized carbons (Fsp3) is 0.250. The average Bonchev–Trinajstić information content (AvgIpc) is 2.32. The van der Waals surface area contributed by atoms with E-state index in [0.717, 1.165) is 32.4 Å². The lowest BCUT2D eigenvalue weighted by Gasteiger charge is -2.10. The number of nitrogens with zero attached hydrogens (tertiary/aromatic N) is 1. The van der Waals surface area contributed by atoms with E-state index >= 15 is 0 Å². The lowest BCUT2D eigenvalue weighted by atomic mass is 10.1. The largest absolute Gasteiger partial charge is 0.497 e. The zero-order valence-electron chi connectivity index (χ0n) is 9.37. The van der Waals surface area contributed by atoms with Gasteiger partial charge in [-0.15, -0.1) is 0 Å². The van der Waals surface area contributed by atoms with Crippen LogP contribution >= 0.6 is 15.9 Å². The van der Waals surface area contributed by atoms with Crippen molar-refractivity contribution in [2.75, 3.05) is 14.2 Å². The van der Waals surface area contributed by atoms with Crippen LogP contribution in [-0.2, 0) is 0 Å². The molecule has 0 fully saturated rings. The molecule has 84 valence electrons. The first kappa shape index (κ1) is 11.2. The standard InChI is InChI=1S/C12H12BrNO2/c1-7-12(13)9-4-8(15-2)5-11(16-3)10(9)6-14-7/h4-6H,1-3H3. The summed E-state index contributed by atoms with van der Waals surface area (Å²) in [6.07, 6.45) is 1.81. The molecule has 0 aliphatic heterocycles. The fourth-order valence-electron chi connectivity index (χ4n) is 1.62. The number of benzene rings is 1. The Labute approximate surface area is 103 Å². The minimum absolute atomic E-state index is 0.766. The summed E-state index contributed by atoms with van der Waals surface area (Å²) in [4.78, 5) is 4.30. The Morgan fingerprint density at radius 2 is 1.88 bits per heavy atom. The molecule has 1 aromatic heterocycles. The average molecular weight is 282 g/mol. The lowest BCUT2D eigenvalue weighted by molar-refractivity contribution is 0.398. The van der Waals surface area contributed by atoms with Gasteiger partial charge in [0.1, 0.15) is 11.5 Å². The Morgan fingerprint density at radius 1 is 1.12 bits per heavy atom. The van der Waals surface area contributed by atoms with Gasteiger partial charge < -0.3 is 9.47 Å². The Kier molecular flexibility index (Phi) is 3.01. The zero-order chi connectivity index (χ0) is 11.7. The van der Waals surface area contributed by atoms with Crippen molar-refractivity contribution in [3.05, 3.63) is 28.5 Å². The summed E-state index contributed by atoms with van der Waals surface area (Å²) < 4.78 is 11.5. The summed E-state index contributed by atoms with van der Waals surface area (Å²) in [5, 5.41) is 2.02. The molecule has 0 amide bonds. The second kappa shape index (κ2) is 4.29. The van der Waals surface area contributed by atoms with Crippen molar-refractivity contribution < 1.29 is 9.47 Å². The molecule has 0 saturated carbocycles. The van der Waals surface area contributed by atoms with Crippen molar-refractivity contribution in [3.63, 3.8) is 0 Å². The van der Waals surface area contributed by atoms with E-state index in [1.807, 2.05) is 25.3 Å². The van der Waals surface area contributed by atoms with Crippen molar-refractivity contribution in [1.82, 2.24) is 4.98 Å². The Morgan fingerprint density at radius 3 is 2.50 bits per heavy atom. The second-order valence-corrected chi connectivity index (χ2v) is 4.24. The third kappa shape index (κ3) is 1.73. The highest BCUT2D eigenvalue weighted by Crippen LogP contribution is 2.35. The van der Waals surface area contributed by atoms with Gasteiger partial charge in [-0.25, -0.2) is 0 Å². The lowest BCUT2D eigenvalue weighted by Crippen LogP contribution is -1.92. The molecule has 0 saturated heterocycles. The van der Waals surface area contributed by atoms with Gasteiger partial charge in [0.2, 0.25) is 0 Å². The van der Waals surface area contributed by atoms with Crippen LogP contribution in [0.5, 0.6) is 11.5 Å². The predicted molar refractivity (Wildman–Crippen MR) is 67.3 cm³/mol. The summed E-state index contributed by atoms with van der Waals surface area (Å²) in [6, 6.07) is 3.82. The minimum Gasteiger partial charge on any atom is -0.497 e. The number of rotatable bonds is 2. The maximum atomic E-state index is 5.32. The molecule has 0 spiro atoms. The van der Waals surface area contributed by atoms with E-state index in [4.69, 9.17) is 9.47 Å². The molecule has 0 radical (unpaired) electrons. The molecule has 0 N–H and O–H groups in total. The van der Waals surface area contributed by atoms with Crippen LogP contribution in [0.2, 0.25) is 0 Å². The monoisotopic (exact) mass is 281 g/mol. The number of pyridine rings is 1. The summed E-state index contributed by atoms with van der Waals surface area (Å²) in [6.45, 7) is 1.95. The molecule has 16 heavy (non-hydrogen) atoms. The third-order valence-electron chi connectivity index (χ3n) is 2.51. The van der Waals surface area contributed by atoms with Crippen LogP contribution in [0.15, 0.2) is 22.8 Å². The van der Waals surface area contributed by atoms with Gasteiger partial charge in [0.15, 0.2) is 0 Å². The van der Waals surface area contributed by atoms with E-state index in [1.54, 1.807) is 14.2 Å². The molecule has 3 nitrogen and oxygen atoms in total. The molecule has 2 aromatic rings. The van der Waals surface area contributed by atoms with Gasteiger partial charge in [-0.05, 0) is 28.9 Å². The van der Waals surface area contributed by atoms with Crippen LogP contribution in [0.1, 0.15) is 5.69 Å². The van der Waals surface area contributed by atoms with Gasteiger partial charge in [0.05, 0.1) is 19.9 Å². The van der Waals surface area contributed by atoms with Crippen LogP contribution in [0.3, 0.4) is 0 Å². The van der Waals surface area contributed by atoms with Gasteiger partial charge in [0, 0.05) is 27.5 Å². The van der Waals surface area contributed by atoms with Crippen molar-refractivity contribution in [2.45, 2.75) is 6.92 Å². The van der Waals surface area contributed by atoms with E-state index < -0.39 is 0 Å². The van der Waals surface area contributed by atoms with Crippen LogP contribution in [0.25, 0.3) is 10.8 Å². The summed E-state index contributed by atoms with van der Waals surface area (Å²) in [5.41, 5.74) is 0.947. The van der Waals surface area contributed by atoms with E-state index in [0.29, 0.717) is 0 Å². The van der Waals surface area contributed by atoms with Crippen molar-refractivity contribution in [2.24, 2.45) is 0 Å². The molecule has 0 atom stereocenters. The number of ether oxygens (including phenoxy) is 2. The summed E-state index contributed by atoms with van der Waals surface area (Å²) in [7, 11) is 3.28. The fourth-order valence-corrected chi connectivity index (χ4v) is 2.05. The topological polar surface area (TPSA) is 31.4 Å². The van der Waals surface area contributed by atoms with Gasteiger partial charge in [0.25, 0.3) is 0 Å². The molecule has 0 bridgehead atoms. The molecule has 1 aromatic carbocycles. The number of halogens is 1. The van der Waals surface area contributed by atoms with Crippen LogP contribution in [0.4, 0.5) is 0 Å². The second-order valence-electron chi connectivity index (χ2n) is 3.45. The van der Waals surface area contributed by atoms with E-state index in [9.17, 15) is 0 Å². The van der Waals surface area contributed by atoms with Gasteiger partial charge in [-0.2, -0.15) is 0 Å². The maximum Gasteiger partial charge on any atom is 0.131 e. The normalized spacial score (nSPS) is 10.5. The number of hydrogen-bond acceptors (Lipinski definition) is 3. The highest BCUT2D eigenvalue weighted by atomic mass is 79.9. The smallest absolute Gasteiger partial charge is 0.131 e. The van der Waals surface area contributed by atoms with Gasteiger partial charge >= 0.3 is 0 Å². The number of fused-ring (bicyclic) bond motifs is 1. The third-order valence-corrected chi connectivity index (χ3v) is 3.51. The molecule has 1 heterocycles. The van der Waals surface area contributed by atoms with Crippen LogP contribution in [0, 0.1) is 6.92 Å². The number of aryl methyl sites for hydroxylation is 1. The van der Waals surface area contributed by atoms with Gasteiger partial charge in [-0.1, -0.05) is 0 Å². The van der Waals surface area contributed by atoms with Crippen molar-refractivity contribution >= 4 is 26.7 Å². The highest BCUT2D eigenvalue weighted by molar-refractivity contribution is 9.10. The zero-order valence-corrected chi connectivity index (χ0v) is 11.0. The van der Waals surface area contributed by atoms with E-state index in [2.05, 4.69) is 20.9 Å². The Balaban J connectivity index is 2.84. The minimum atomic E-state index is 0.766. The van der Waals surface area contributed by atoms with E-state index in [-0.39, 0.29) is 0 Å². The van der Waals surface area contributed by atoms with Gasteiger partial charge in [-0.3, -0.25) is 4.98 Å². The first-order valence-corrected chi connectivity index (χ1v) is 5.63. The molecule has 0 aliphatic carbocycles. The summed E-state index contributed by atoms with van der Waals surface area (Å²) >= 11 is 3.53. The number of aromatic nitrogens is 1. The molecule has 2 rings (SSSR count). The summed E-state index contributed by atoms with van der Waals surface area (Å²) in [5.74, 6) is 1.54. The molecule has 4 heteroatoms. The molecule has 0 unspecified atom stereocenters. The number of hydrogen-bond donors (Lipinski definition) is 0. The molecule has 0 aliphatic rings. The first-order valence-electron chi connectivity index (χ1n) is 4.84. The van der Waals surface area contributed by atoms with Crippen LogP contribution < -0.4 is 9.47 Å². The molecular weight excluding hydrogens is 270 g/mol. The maximum absolute atomic E-state index is 5.32. The molecular formula is C12H12BrNO2. The first-order chi connectivity index (χ1) is 7.67. The van der Waals surface area contributed by atoms with Crippen molar-refractivity contribution in [1.29, 1.82) is 0 Å².